The number of carbonyl (C=O) groups excluding carboxylic acids is 1. The summed E-state index contributed by atoms with van der Waals surface area (Å²) in [5.74, 6) is 0.687. The summed E-state index contributed by atoms with van der Waals surface area (Å²) in [6.07, 6.45) is 0.321. The van der Waals surface area contributed by atoms with Gasteiger partial charge >= 0.3 is 0 Å². The molecule has 6 nitrogen and oxygen atoms in total. The molecule has 1 fully saturated rings. The van der Waals surface area contributed by atoms with E-state index in [4.69, 9.17) is 4.74 Å². The molecule has 1 amide bonds. The van der Waals surface area contributed by atoms with Crippen LogP contribution in [0.15, 0.2) is 41.3 Å². The van der Waals surface area contributed by atoms with Crippen molar-refractivity contribution in [3.63, 3.8) is 0 Å². The Balaban J connectivity index is 1.67. The van der Waals surface area contributed by atoms with E-state index in [9.17, 15) is 13.2 Å². The third-order valence-electron chi connectivity index (χ3n) is 5.10. The molecule has 7 heteroatoms. The van der Waals surface area contributed by atoms with Crippen LogP contribution in [-0.2, 0) is 14.8 Å². The zero-order chi connectivity index (χ0) is 21.2. The minimum Gasteiger partial charge on any atom is -0.494 e. The van der Waals surface area contributed by atoms with E-state index in [1.807, 2.05) is 50.2 Å². The maximum Gasteiger partial charge on any atom is 0.241 e. The average Bonchev–Trinajstić information content (AvgIpc) is 3.01. The minimum absolute atomic E-state index is 0.000977. The molecule has 0 bridgehead atoms. The number of hydrogen-bond donors (Lipinski definition) is 1. The summed E-state index contributed by atoms with van der Waals surface area (Å²) in [6, 6.07) is 11.1. The van der Waals surface area contributed by atoms with Crippen molar-refractivity contribution >= 4 is 21.6 Å². The van der Waals surface area contributed by atoms with Crippen LogP contribution in [0.2, 0.25) is 0 Å². The number of ether oxygens (including phenoxy) is 1. The van der Waals surface area contributed by atoms with Crippen LogP contribution >= 0.6 is 0 Å². The second-order valence-electron chi connectivity index (χ2n) is 7.58. The number of nitrogens with one attached hydrogen (secondary N) is 1. The van der Waals surface area contributed by atoms with Gasteiger partial charge in [-0.1, -0.05) is 17.7 Å². The monoisotopic (exact) mass is 416 g/mol. The molecular weight excluding hydrogens is 388 g/mol. The second-order valence-corrected chi connectivity index (χ2v) is 9.28. The Hall–Kier alpha value is -2.38. The number of aryl methyl sites for hydroxylation is 3. The molecule has 2 aromatic carbocycles. The van der Waals surface area contributed by atoms with Gasteiger partial charge in [0.25, 0.3) is 0 Å². The molecule has 156 valence electrons. The maximum atomic E-state index is 12.9. The fourth-order valence-corrected chi connectivity index (χ4v) is 5.51. The van der Waals surface area contributed by atoms with Crippen molar-refractivity contribution in [2.75, 3.05) is 24.6 Å². The normalized spacial score (nSPS) is 17.0. The van der Waals surface area contributed by atoms with Crippen molar-refractivity contribution in [1.29, 1.82) is 0 Å². The van der Waals surface area contributed by atoms with E-state index < -0.39 is 10.0 Å². The lowest BCUT2D eigenvalue weighted by atomic mass is 10.1. The molecule has 1 aliphatic heterocycles. The van der Waals surface area contributed by atoms with E-state index in [2.05, 4.69) is 4.72 Å². The third kappa shape index (κ3) is 4.79. The molecule has 0 aliphatic carbocycles. The smallest absolute Gasteiger partial charge is 0.241 e. The highest BCUT2D eigenvalue weighted by atomic mass is 32.2. The Labute approximate surface area is 172 Å². The fraction of sp³-hybridized carbons (Fsp3) is 0.409. The van der Waals surface area contributed by atoms with Gasteiger partial charge in [-0.25, -0.2) is 13.1 Å². The Morgan fingerprint density at radius 2 is 1.72 bits per heavy atom. The van der Waals surface area contributed by atoms with E-state index in [0.29, 0.717) is 24.5 Å². The van der Waals surface area contributed by atoms with Gasteiger partial charge in [0, 0.05) is 25.2 Å². The minimum atomic E-state index is -3.63. The molecule has 0 spiro atoms. The Morgan fingerprint density at radius 1 is 1.10 bits per heavy atom. The number of amides is 1. The van der Waals surface area contributed by atoms with Crippen molar-refractivity contribution in [2.45, 2.75) is 39.0 Å². The summed E-state index contributed by atoms with van der Waals surface area (Å²) in [6.45, 7) is 8.79. The molecule has 2 aromatic rings. The number of carbonyl (C=O) groups is 1. The predicted octanol–water partition coefficient (Wildman–Crippen LogP) is 3.34. The zero-order valence-electron chi connectivity index (χ0n) is 17.4. The first-order valence-corrected chi connectivity index (χ1v) is 11.3. The molecule has 3 rings (SSSR count). The van der Waals surface area contributed by atoms with E-state index in [0.717, 1.165) is 28.1 Å². The number of benzene rings is 2. The first-order chi connectivity index (χ1) is 13.7. The van der Waals surface area contributed by atoms with Crippen LogP contribution in [0, 0.1) is 26.7 Å². The summed E-state index contributed by atoms with van der Waals surface area (Å²) in [4.78, 5) is 14.5. The van der Waals surface area contributed by atoms with Gasteiger partial charge in [0.2, 0.25) is 15.9 Å². The average molecular weight is 417 g/mol. The SMILES string of the molecule is CCOc1ccc(N2C[C@H](CNS(=O)(=O)c3c(C)cc(C)cc3C)CC2=O)cc1. The fourth-order valence-electron chi connectivity index (χ4n) is 3.95. The highest BCUT2D eigenvalue weighted by Gasteiger charge is 2.32. The third-order valence-corrected chi connectivity index (χ3v) is 6.83. The van der Waals surface area contributed by atoms with E-state index in [1.165, 1.54) is 0 Å². The Morgan fingerprint density at radius 3 is 2.31 bits per heavy atom. The van der Waals surface area contributed by atoms with Gasteiger partial charge < -0.3 is 9.64 Å². The summed E-state index contributed by atoms with van der Waals surface area (Å²) in [5.41, 5.74) is 3.29. The van der Waals surface area contributed by atoms with E-state index in [-0.39, 0.29) is 18.4 Å². The summed E-state index contributed by atoms with van der Waals surface area (Å²) < 4.78 is 33.8. The quantitative estimate of drug-likeness (QED) is 0.751. The van der Waals surface area contributed by atoms with Gasteiger partial charge in [0.15, 0.2) is 0 Å². The van der Waals surface area contributed by atoms with Crippen LogP contribution in [0.25, 0.3) is 0 Å². The van der Waals surface area contributed by atoms with Crippen molar-refractivity contribution in [1.82, 2.24) is 4.72 Å². The molecule has 1 saturated heterocycles. The maximum absolute atomic E-state index is 12.9. The number of rotatable bonds is 7. The number of anilines is 1. The highest BCUT2D eigenvalue weighted by Crippen LogP contribution is 2.27. The number of nitrogens with zero attached hydrogens (tertiary/aromatic N) is 1. The van der Waals surface area contributed by atoms with Gasteiger partial charge in [-0.15, -0.1) is 0 Å². The van der Waals surface area contributed by atoms with Crippen LogP contribution < -0.4 is 14.4 Å². The number of hydrogen-bond acceptors (Lipinski definition) is 4. The molecule has 0 saturated carbocycles. The van der Waals surface area contributed by atoms with Crippen molar-refractivity contribution in [2.24, 2.45) is 5.92 Å². The molecule has 1 N–H and O–H groups in total. The lowest BCUT2D eigenvalue weighted by Gasteiger charge is -2.18. The highest BCUT2D eigenvalue weighted by molar-refractivity contribution is 7.89. The summed E-state index contributed by atoms with van der Waals surface area (Å²) in [7, 11) is -3.63. The molecule has 1 atom stereocenters. The van der Waals surface area contributed by atoms with Gasteiger partial charge in [0.05, 0.1) is 11.5 Å². The molecule has 1 heterocycles. The van der Waals surface area contributed by atoms with E-state index >= 15 is 0 Å². The van der Waals surface area contributed by atoms with Crippen LogP contribution in [0.1, 0.15) is 30.0 Å². The molecule has 0 unspecified atom stereocenters. The largest absolute Gasteiger partial charge is 0.494 e. The lowest BCUT2D eigenvalue weighted by molar-refractivity contribution is -0.117. The van der Waals surface area contributed by atoms with Gasteiger partial charge in [-0.2, -0.15) is 0 Å². The topological polar surface area (TPSA) is 75.7 Å². The van der Waals surface area contributed by atoms with Gasteiger partial charge in [-0.05, 0) is 69.0 Å². The summed E-state index contributed by atoms with van der Waals surface area (Å²) in [5, 5.41) is 0. The van der Waals surface area contributed by atoms with Crippen LogP contribution in [0.5, 0.6) is 5.75 Å². The van der Waals surface area contributed by atoms with Gasteiger partial charge in [-0.3, -0.25) is 4.79 Å². The summed E-state index contributed by atoms with van der Waals surface area (Å²) >= 11 is 0. The lowest BCUT2D eigenvalue weighted by Crippen LogP contribution is -2.32. The molecule has 0 aromatic heterocycles. The molecule has 0 radical (unpaired) electrons. The molecular formula is C22H28N2O4S. The van der Waals surface area contributed by atoms with Crippen molar-refractivity contribution in [3.05, 3.63) is 53.1 Å². The molecule has 1 aliphatic rings. The van der Waals surface area contributed by atoms with Crippen LogP contribution in [-0.4, -0.2) is 34.0 Å². The van der Waals surface area contributed by atoms with Gasteiger partial charge in [0.1, 0.15) is 5.75 Å². The van der Waals surface area contributed by atoms with Crippen molar-refractivity contribution < 1.29 is 17.9 Å². The number of sulfonamides is 1. The second kappa shape index (κ2) is 8.55. The van der Waals surface area contributed by atoms with Crippen molar-refractivity contribution in [3.8, 4) is 5.75 Å². The predicted molar refractivity (Wildman–Crippen MR) is 114 cm³/mol. The van der Waals surface area contributed by atoms with Crippen LogP contribution in [0.3, 0.4) is 0 Å². The first kappa shape index (κ1) is 21.3. The Bertz CT molecular complexity index is 977. The Kier molecular flexibility index (Phi) is 6.29. The van der Waals surface area contributed by atoms with E-state index in [1.54, 1.807) is 18.7 Å². The first-order valence-electron chi connectivity index (χ1n) is 9.82. The van der Waals surface area contributed by atoms with Crippen LogP contribution in [0.4, 0.5) is 5.69 Å². The zero-order valence-corrected chi connectivity index (χ0v) is 18.2. The standard InChI is InChI=1S/C22H28N2O4S/c1-5-28-20-8-6-19(7-9-20)24-14-18(12-21(24)25)13-23-29(26,27)22-16(3)10-15(2)11-17(22)4/h6-11,18,23H,5,12-14H2,1-4H3/t18-/m0/s1. The molecule has 29 heavy (non-hydrogen) atoms.